The molecule has 4 heterocycles. The lowest BCUT2D eigenvalue weighted by Crippen LogP contribution is -2.20. The predicted molar refractivity (Wildman–Crippen MR) is 122 cm³/mol. The molecule has 5 aromatic rings. The van der Waals surface area contributed by atoms with Gasteiger partial charge in [-0.3, -0.25) is 20.4 Å². The molecule has 9 nitrogen and oxygen atoms in total. The van der Waals surface area contributed by atoms with E-state index in [0.717, 1.165) is 27.9 Å². The molecule has 0 spiro atoms. The monoisotopic (exact) mass is 424 g/mol. The highest BCUT2D eigenvalue weighted by Gasteiger charge is 2.09. The number of fused-ring (bicyclic) bond motifs is 1. The van der Waals surface area contributed by atoms with Crippen molar-refractivity contribution >= 4 is 28.4 Å². The molecular formula is C23H20N8O. The molecule has 32 heavy (non-hydrogen) atoms. The number of rotatable bonds is 5. The van der Waals surface area contributed by atoms with Gasteiger partial charge in [0.2, 0.25) is 0 Å². The molecule has 4 aromatic heterocycles. The maximum atomic E-state index is 12.3. The zero-order valence-corrected chi connectivity index (χ0v) is 17.3. The third-order valence-corrected chi connectivity index (χ3v) is 5.01. The molecule has 0 bridgehead atoms. The van der Waals surface area contributed by atoms with E-state index in [1.165, 1.54) is 6.20 Å². The van der Waals surface area contributed by atoms with Gasteiger partial charge in [-0.1, -0.05) is 6.07 Å². The van der Waals surface area contributed by atoms with Gasteiger partial charge in [0.1, 0.15) is 0 Å². The molecule has 9 heteroatoms. The molecular weight excluding hydrogens is 404 g/mol. The summed E-state index contributed by atoms with van der Waals surface area (Å²) in [5.41, 5.74) is 5.21. The minimum Gasteiger partial charge on any atom is -0.341 e. The Morgan fingerprint density at radius 2 is 2.00 bits per heavy atom. The van der Waals surface area contributed by atoms with Crippen LogP contribution in [0.2, 0.25) is 0 Å². The second-order valence-electron chi connectivity index (χ2n) is 7.36. The van der Waals surface area contributed by atoms with E-state index in [9.17, 15) is 4.79 Å². The summed E-state index contributed by atoms with van der Waals surface area (Å²) in [5.74, 6) is 0.358. The van der Waals surface area contributed by atoms with Crippen LogP contribution in [-0.4, -0.2) is 35.7 Å². The molecule has 158 valence electrons. The second-order valence-corrected chi connectivity index (χ2v) is 7.36. The van der Waals surface area contributed by atoms with E-state index < -0.39 is 6.03 Å². The van der Waals surface area contributed by atoms with Crippen molar-refractivity contribution in [1.29, 1.82) is 0 Å². The van der Waals surface area contributed by atoms with Gasteiger partial charge in [0.15, 0.2) is 5.82 Å². The Balaban J connectivity index is 1.33. The van der Waals surface area contributed by atoms with Crippen molar-refractivity contribution in [2.45, 2.75) is 13.5 Å². The van der Waals surface area contributed by atoms with E-state index in [1.807, 2.05) is 31.3 Å². The fraction of sp³-hybridized carbons (Fsp3) is 0.0870. The lowest BCUT2D eigenvalue weighted by molar-refractivity contribution is 0.262. The summed E-state index contributed by atoms with van der Waals surface area (Å²) < 4.78 is 2.15. The van der Waals surface area contributed by atoms with E-state index >= 15 is 0 Å². The van der Waals surface area contributed by atoms with E-state index in [4.69, 9.17) is 0 Å². The van der Waals surface area contributed by atoms with Crippen LogP contribution in [0.25, 0.3) is 22.2 Å². The van der Waals surface area contributed by atoms with Crippen molar-refractivity contribution in [3.8, 4) is 11.3 Å². The molecule has 1 aromatic carbocycles. The number of nitrogens with zero attached hydrogens (tertiary/aromatic N) is 5. The number of urea groups is 1. The van der Waals surface area contributed by atoms with Crippen LogP contribution in [0.3, 0.4) is 0 Å². The zero-order valence-electron chi connectivity index (χ0n) is 17.3. The number of aromatic amines is 1. The van der Waals surface area contributed by atoms with Gasteiger partial charge in [-0.05, 0) is 43.3 Å². The lowest BCUT2D eigenvalue weighted by atomic mass is 10.1. The molecule has 0 aliphatic carbocycles. The number of aromatic nitrogens is 6. The number of hydrogen-bond donors (Lipinski definition) is 3. The van der Waals surface area contributed by atoms with Gasteiger partial charge < -0.3 is 9.88 Å². The van der Waals surface area contributed by atoms with Gasteiger partial charge >= 0.3 is 6.03 Å². The van der Waals surface area contributed by atoms with Crippen LogP contribution >= 0.6 is 0 Å². The Labute approximate surface area is 183 Å². The summed E-state index contributed by atoms with van der Waals surface area (Å²) in [6.45, 7) is 2.60. The maximum absolute atomic E-state index is 12.3. The van der Waals surface area contributed by atoms with E-state index in [1.54, 1.807) is 24.7 Å². The summed E-state index contributed by atoms with van der Waals surface area (Å²) in [4.78, 5) is 25.2. The highest BCUT2D eigenvalue weighted by molar-refractivity contribution is 5.99. The van der Waals surface area contributed by atoms with Gasteiger partial charge in [-0.15, -0.1) is 0 Å². The van der Waals surface area contributed by atoms with Crippen LogP contribution in [0.1, 0.15) is 11.4 Å². The molecule has 0 saturated heterocycles. The van der Waals surface area contributed by atoms with Crippen LogP contribution < -0.4 is 10.6 Å². The van der Waals surface area contributed by atoms with Crippen molar-refractivity contribution in [2.24, 2.45) is 0 Å². The SMILES string of the molecule is Cc1ccc(NC(=O)Nc2cncc(-c3ccc4c(ccn4Cc4ccn[nH]4)c3)n2)cn1. The summed E-state index contributed by atoms with van der Waals surface area (Å²) in [5, 5.41) is 13.5. The highest BCUT2D eigenvalue weighted by atomic mass is 16.2. The first kappa shape index (κ1) is 19.4. The van der Waals surface area contributed by atoms with Crippen LogP contribution in [0.5, 0.6) is 0 Å². The molecule has 3 N–H and O–H groups in total. The number of carbonyl (C=O) groups is 1. The minimum atomic E-state index is -0.409. The number of H-pyrrole nitrogens is 1. The summed E-state index contributed by atoms with van der Waals surface area (Å²) in [6, 6.07) is 13.3. The first-order valence-electron chi connectivity index (χ1n) is 10.0. The number of aryl methyl sites for hydroxylation is 1. The second kappa shape index (κ2) is 8.31. The minimum absolute atomic E-state index is 0.358. The molecule has 0 saturated carbocycles. The molecule has 0 aliphatic rings. The molecule has 0 radical (unpaired) electrons. The topological polar surface area (TPSA) is 113 Å². The third kappa shape index (κ3) is 4.17. The van der Waals surface area contributed by atoms with Crippen molar-refractivity contribution in [1.82, 2.24) is 29.7 Å². The molecule has 0 atom stereocenters. The van der Waals surface area contributed by atoms with Gasteiger partial charge in [-0.2, -0.15) is 5.10 Å². The average Bonchev–Trinajstić information content (AvgIpc) is 3.46. The van der Waals surface area contributed by atoms with Crippen molar-refractivity contribution < 1.29 is 4.79 Å². The summed E-state index contributed by atoms with van der Waals surface area (Å²) in [6.07, 6.45) is 8.58. The standard InChI is InChI=1S/C23H20N8O/c1-15-2-4-18(11-25-15)27-23(32)29-22-13-24-12-20(28-22)16-3-5-21-17(10-16)7-9-31(21)14-19-6-8-26-30-19/h2-13H,14H2,1H3,(H,26,30)(H2,27,28,29,32). The number of anilines is 2. The number of carbonyl (C=O) groups excluding carboxylic acids is 1. The number of pyridine rings is 1. The van der Waals surface area contributed by atoms with Gasteiger partial charge in [0, 0.05) is 34.6 Å². The van der Waals surface area contributed by atoms with Gasteiger partial charge in [-0.25, -0.2) is 9.78 Å². The smallest absolute Gasteiger partial charge is 0.324 e. The number of benzene rings is 1. The van der Waals surface area contributed by atoms with Crippen molar-refractivity contribution in [3.05, 3.63) is 84.8 Å². The number of nitrogens with one attached hydrogen (secondary N) is 3. The normalized spacial score (nSPS) is 10.9. The molecule has 0 fully saturated rings. The maximum Gasteiger partial charge on any atom is 0.324 e. The van der Waals surface area contributed by atoms with Crippen LogP contribution in [0.4, 0.5) is 16.3 Å². The van der Waals surface area contributed by atoms with Crippen LogP contribution in [-0.2, 0) is 6.54 Å². The Kier molecular flexibility index (Phi) is 5.04. The molecule has 0 unspecified atom stereocenters. The Bertz CT molecular complexity index is 1370. The zero-order chi connectivity index (χ0) is 21.9. The van der Waals surface area contributed by atoms with Crippen LogP contribution in [0.15, 0.2) is 73.4 Å². The van der Waals surface area contributed by atoms with E-state index in [2.05, 4.69) is 58.5 Å². The molecule has 0 aliphatic heterocycles. The van der Waals surface area contributed by atoms with Crippen molar-refractivity contribution in [2.75, 3.05) is 10.6 Å². The average molecular weight is 424 g/mol. The first-order valence-corrected chi connectivity index (χ1v) is 10.0. The Morgan fingerprint density at radius 1 is 1.06 bits per heavy atom. The fourth-order valence-corrected chi connectivity index (χ4v) is 3.44. The van der Waals surface area contributed by atoms with Gasteiger partial charge in [0.05, 0.1) is 42.2 Å². The highest BCUT2D eigenvalue weighted by Crippen LogP contribution is 2.25. The van der Waals surface area contributed by atoms with Crippen LogP contribution in [0, 0.1) is 6.92 Å². The fourth-order valence-electron chi connectivity index (χ4n) is 3.44. The predicted octanol–water partition coefficient (Wildman–Crippen LogP) is 4.22. The molecule has 2 amide bonds. The first-order chi connectivity index (χ1) is 15.6. The van der Waals surface area contributed by atoms with Gasteiger partial charge in [0.25, 0.3) is 0 Å². The quantitative estimate of drug-likeness (QED) is 0.391. The van der Waals surface area contributed by atoms with Crippen molar-refractivity contribution in [3.63, 3.8) is 0 Å². The van der Waals surface area contributed by atoms with E-state index in [0.29, 0.717) is 23.7 Å². The summed E-state index contributed by atoms with van der Waals surface area (Å²) in [7, 11) is 0. The molecule has 5 rings (SSSR count). The third-order valence-electron chi connectivity index (χ3n) is 5.01. The number of amides is 2. The lowest BCUT2D eigenvalue weighted by Gasteiger charge is -2.08. The largest absolute Gasteiger partial charge is 0.341 e. The summed E-state index contributed by atoms with van der Waals surface area (Å²) >= 11 is 0. The number of hydrogen-bond acceptors (Lipinski definition) is 5. The Hall–Kier alpha value is -4.53. The van der Waals surface area contributed by atoms with E-state index in [-0.39, 0.29) is 0 Å². The Morgan fingerprint density at radius 3 is 2.81 bits per heavy atom.